The van der Waals surface area contributed by atoms with Gasteiger partial charge in [0.2, 0.25) is 8.32 Å². The summed E-state index contributed by atoms with van der Waals surface area (Å²) in [5, 5.41) is 9.92. The van der Waals surface area contributed by atoms with E-state index in [1.54, 1.807) is 0 Å². The van der Waals surface area contributed by atoms with E-state index in [1.165, 1.54) is 6.42 Å². The van der Waals surface area contributed by atoms with Gasteiger partial charge in [-0.15, -0.1) is 0 Å². The fourth-order valence-corrected chi connectivity index (χ4v) is 10.3. The molecule has 2 aliphatic rings. The zero-order valence-electron chi connectivity index (χ0n) is 13.5. The zero-order chi connectivity index (χ0) is 14.4. The molecule has 0 saturated heterocycles. The predicted molar refractivity (Wildman–Crippen MR) is 82.8 cm³/mol. The summed E-state index contributed by atoms with van der Waals surface area (Å²) >= 11 is 0. The molecule has 0 radical (unpaired) electrons. The molecule has 3 heteroatoms. The van der Waals surface area contributed by atoms with E-state index in [2.05, 4.69) is 41.5 Å². The first-order valence-corrected chi connectivity index (χ1v) is 10.3. The largest absolute Gasteiger partial charge is 0.413 e. The van der Waals surface area contributed by atoms with E-state index in [1.807, 2.05) is 0 Å². The summed E-state index contributed by atoms with van der Waals surface area (Å²) in [5.74, 6) is 1.21. The third-order valence-corrected chi connectivity index (χ3v) is 11.8. The van der Waals surface area contributed by atoms with Crippen molar-refractivity contribution in [2.45, 2.75) is 89.6 Å². The lowest BCUT2D eigenvalue weighted by Crippen LogP contribution is -2.51. The maximum atomic E-state index is 9.92. The third kappa shape index (κ3) is 2.66. The molecule has 2 saturated carbocycles. The molecule has 0 aliphatic heterocycles. The van der Waals surface area contributed by atoms with Crippen LogP contribution in [0.2, 0.25) is 16.6 Å². The van der Waals surface area contributed by atoms with Gasteiger partial charge in [-0.2, -0.15) is 0 Å². The van der Waals surface area contributed by atoms with Crippen molar-refractivity contribution in [1.29, 1.82) is 0 Å². The van der Waals surface area contributed by atoms with Crippen molar-refractivity contribution in [1.82, 2.24) is 0 Å². The smallest absolute Gasteiger partial charge is 0.200 e. The Bertz CT molecular complexity index is 292. The van der Waals surface area contributed by atoms with Gasteiger partial charge in [-0.1, -0.05) is 41.5 Å². The SMILES string of the molecule is CC(C)[Si](O[C@H]1CC[C@H](O)[C@H]2C[C@H]21)(C(C)C)C(C)C. The maximum absolute atomic E-state index is 9.92. The van der Waals surface area contributed by atoms with Gasteiger partial charge in [0.1, 0.15) is 0 Å². The lowest BCUT2D eigenvalue weighted by Gasteiger charge is -2.45. The fraction of sp³-hybridized carbons (Fsp3) is 1.00. The van der Waals surface area contributed by atoms with Crippen molar-refractivity contribution in [3.63, 3.8) is 0 Å². The number of hydrogen-bond acceptors (Lipinski definition) is 2. The summed E-state index contributed by atoms with van der Waals surface area (Å²) in [6, 6.07) is 0. The monoisotopic (exact) mass is 284 g/mol. The molecule has 0 bridgehead atoms. The van der Waals surface area contributed by atoms with Gasteiger partial charge >= 0.3 is 0 Å². The van der Waals surface area contributed by atoms with E-state index in [0.717, 1.165) is 12.8 Å². The second-order valence-corrected chi connectivity index (χ2v) is 13.1. The molecule has 2 rings (SSSR count). The summed E-state index contributed by atoms with van der Waals surface area (Å²) < 4.78 is 6.89. The molecule has 112 valence electrons. The first-order valence-electron chi connectivity index (χ1n) is 8.16. The molecule has 0 heterocycles. The minimum absolute atomic E-state index is 0.0435. The molecule has 0 aromatic rings. The number of fused-ring (bicyclic) bond motifs is 1. The molecule has 0 spiro atoms. The van der Waals surface area contributed by atoms with Gasteiger partial charge in [-0.05, 0) is 47.7 Å². The van der Waals surface area contributed by atoms with Gasteiger partial charge in [0.25, 0.3) is 0 Å². The van der Waals surface area contributed by atoms with E-state index < -0.39 is 8.32 Å². The van der Waals surface area contributed by atoms with E-state index in [0.29, 0.717) is 34.6 Å². The average molecular weight is 285 g/mol. The van der Waals surface area contributed by atoms with Crippen molar-refractivity contribution in [3.8, 4) is 0 Å². The van der Waals surface area contributed by atoms with Gasteiger partial charge in [-0.3, -0.25) is 0 Å². The first kappa shape index (κ1) is 15.5. The molecular weight excluding hydrogens is 252 g/mol. The second-order valence-electron chi connectivity index (χ2n) is 7.68. The number of aliphatic hydroxyl groups excluding tert-OH is 1. The van der Waals surface area contributed by atoms with Gasteiger partial charge in [0, 0.05) is 6.10 Å². The van der Waals surface area contributed by atoms with Crippen LogP contribution in [0, 0.1) is 11.8 Å². The Morgan fingerprint density at radius 3 is 1.89 bits per heavy atom. The van der Waals surface area contributed by atoms with E-state index in [9.17, 15) is 5.11 Å². The summed E-state index contributed by atoms with van der Waals surface area (Å²) in [4.78, 5) is 0. The Kier molecular flexibility index (Phi) is 4.49. The highest BCUT2D eigenvalue weighted by atomic mass is 28.4. The Hall–Kier alpha value is 0.137. The Morgan fingerprint density at radius 2 is 1.42 bits per heavy atom. The van der Waals surface area contributed by atoms with Crippen LogP contribution in [0.4, 0.5) is 0 Å². The van der Waals surface area contributed by atoms with Crippen LogP contribution < -0.4 is 0 Å². The van der Waals surface area contributed by atoms with Crippen LogP contribution in [0.1, 0.15) is 60.8 Å². The summed E-state index contributed by atoms with van der Waals surface area (Å²) in [6.07, 6.45) is 3.61. The Labute approximate surface area is 120 Å². The lowest BCUT2D eigenvalue weighted by molar-refractivity contribution is 0.0481. The predicted octanol–water partition coefficient (Wildman–Crippen LogP) is 4.34. The third-order valence-electron chi connectivity index (χ3n) is 5.67. The Balaban J connectivity index is 2.13. The standard InChI is InChI=1S/C16H32O2Si/c1-10(2)19(11(3)4,12(5)6)18-16-8-7-15(17)13-9-14(13)16/h10-17H,7-9H2,1-6H3/t13-,14+,15-,16-/m0/s1. The summed E-state index contributed by atoms with van der Waals surface area (Å²) in [6.45, 7) is 14.1. The highest BCUT2D eigenvalue weighted by molar-refractivity contribution is 6.77. The minimum Gasteiger partial charge on any atom is -0.413 e. The molecule has 4 atom stereocenters. The number of hydrogen-bond donors (Lipinski definition) is 1. The van der Waals surface area contributed by atoms with E-state index >= 15 is 0 Å². The van der Waals surface area contributed by atoms with Crippen LogP contribution in [0.5, 0.6) is 0 Å². The van der Waals surface area contributed by atoms with Crippen LogP contribution in [0.3, 0.4) is 0 Å². The lowest BCUT2D eigenvalue weighted by atomic mass is 9.95. The molecule has 0 aromatic carbocycles. The van der Waals surface area contributed by atoms with Crippen molar-refractivity contribution in [2.24, 2.45) is 11.8 Å². The van der Waals surface area contributed by atoms with Crippen molar-refractivity contribution >= 4 is 8.32 Å². The topological polar surface area (TPSA) is 29.5 Å². The average Bonchev–Trinajstić information content (AvgIpc) is 3.07. The highest BCUT2D eigenvalue weighted by Crippen LogP contribution is 2.54. The molecule has 2 nitrogen and oxygen atoms in total. The van der Waals surface area contributed by atoms with Gasteiger partial charge in [0.05, 0.1) is 6.10 Å². The molecule has 0 aromatic heterocycles. The van der Waals surface area contributed by atoms with Gasteiger partial charge in [-0.25, -0.2) is 0 Å². The fourth-order valence-electron chi connectivity index (χ4n) is 4.69. The van der Waals surface area contributed by atoms with Crippen LogP contribution >= 0.6 is 0 Å². The molecule has 2 fully saturated rings. The summed E-state index contributed by atoms with van der Waals surface area (Å²) in [5.41, 5.74) is 1.99. The van der Waals surface area contributed by atoms with Crippen LogP contribution in [-0.4, -0.2) is 25.6 Å². The second kappa shape index (κ2) is 5.49. The molecule has 1 N–H and O–H groups in total. The quantitative estimate of drug-likeness (QED) is 0.761. The van der Waals surface area contributed by atoms with Crippen molar-refractivity contribution < 1.29 is 9.53 Å². The minimum atomic E-state index is -1.73. The van der Waals surface area contributed by atoms with Crippen molar-refractivity contribution in [2.75, 3.05) is 0 Å². The van der Waals surface area contributed by atoms with Gasteiger partial charge in [0.15, 0.2) is 0 Å². The van der Waals surface area contributed by atoms with Crippen molar-refractivity contribution in [3.05, 3.63) is 0 Å². The zero-order valence-corrected chi connectivity index (χ0v) is 14.5. The highest BCUT2D eigenvalue weighted by Gasteiger charge is 2.55. The summed E-state index contributed by atoms with van der Waals surface area (Å²) in [7, 11) is -1.73. The molecular formula is C16H32O2Si. The van der Waals surface area contributed by atoms with Crippen LogP contribution in [0.15, 0.2) is 0 Å². The molecule has 0 amide bonds. The first-order chi connectivity index (χ1) is 8.80. The van der Waals surface area contributed by atoms with Crippen LogP contribution in [-0.2, 0) is 4.43 Å². The Morgan fingerprint density at radius 1 is 0.895 bits per heavy atom. The number of rotatable bonds is 5. The molecule has 0 unspecified atom stereocenters. The molecule has 19 heavy (non-hydrogen) atoms. The van der Waals surface area contributed by atoms with E-state index in [4.69, 9.17) is 4.43 Å². The van der Waals surface area contributed by atoms with Gasteiger partial charge < -0.3 is 9.53 Å². The maximum Gasteiger partial charge on any atom is 0.200 e. The normalized spacial score (nSPS) is 35.1. The number of aliphatic hydroxyl groups is 1. The van der Waals surface area contributed by atoms with Crippen LogP contribution in [0.25, 0.3) is 0 Å². The molecule has 2 aliphatic carbocycles. The van der Waals surface area contributed by atoms with E-state index in [-0.39, 0.29) is 6.10 Å².